The fourth-order valence-electron chi connectivity index (χ4n) is 2.42. The number of hydrogen-bond donors (Lipinski definition) is 3. The van der Waals surface area contributed by atoms with Crippen LogP contribution >= 0.6 is 0 Å². The number of urea groups is 1. The number of carbonyl (C=O) groups is 2. The van der Waals surface area contributed by atoms with E-state index in [9.17, 15) is 9.59 Å². The van der Waals surface area contributed by atoms with Crippen molar-refractivity contribution in [3.05, 3.63) is 54.1 Å². The summed E-state index contributed by atoms with van der Waals surface area (Å²) in [5.41, 5.74) is 2.50. The van der Waals surface area contributed by atoms with Crippen LogP contribution in [0.1, 0.15) is 32.3 Å². The molecular weight excluding hydrogens is 342 g/mol. The van der Waals surface area contributed by atoms with Crippen molar-refractivity contribution in [2.75, 3.05) is 17.2 Å². The van der Waals surface area contributed by atoms with Crippen LogP contribution < -0.4 is 20.7 Å². The molecule has 0 saturated carbocycles. The highest BCUT2D eigenvalue weighted by Crippen LogP contribution is 2.15. The molecule has 0 aliphatic rings. The molecular formula is C21H27N3O3. The summed E-state index contributed by atoms with van der Waals surface area (Å²) in [7, 11) is 0. The van der Waals surface area contributed by atoms with Gasteiger partial charge in [-0.3, -0.25) is 4.79 Å². The topological polar surface area (TPSA) is 79.5 Å². The summed E-state index contributed by atoms with van der Waals surface area (Å²) in [6.45, 7) is 6.29. The molecule has 6 heteroatoms. The lowest BCUT2D eigenvalue weighted by molar-refractivity contribution is -0.116. The minimum absolute atomic E-state index is 0.0680. The first-order chi connectivity index (χ1) is 12.9. The number of rotatable bonds is 8. The average Bonchev–Trinajstić information content (AvgIpc) is 2.60. The van der Waals surface area contributed by atoms with Crippen molar-refractivity contribution in [1.29, 1.82) is 0 Å². The van der Waals surface area contributed by atoms with Gasteiger partial charge in [0.1, 0.15) is 5.75 Å². The molecule has 0 fully saturated rings. The van der Waals surface area contributed by atoms with Gasteiger partial charge in [0.05, 0.1) is 6.61 Å². The normalized spacial score (nSPS) is 10.4. The molecule has 2 rings (SSSR count). The molecule has 0 radical (unpaired) electrons. The second-order valence-electron chi connectivity index (χ2n) is 6.65. The smallest absolute Gasteiger partial charge is 0.319 e. The highest BCUT2D eigenvalue weighted by molar-refractivity contribution is 5.92. The number of nitrogens with one attached hydrogen (secondary N) is 3. The SMILES string of the molecule is Cc1cccc(OCCCC(=O)Nc2ccc(NC(=O)NC(C)C)cc2)c1. The van der Waals surface area contributed by atoms with Crippen molar-refractivity contribution in [1.82, 2.24) is 5.32 Å². The molecule has 0 spiro atoms. The van der Waals surface area contributed by atoms with Gasteiger partial charge in [-0.05, 0) is 69.2 Å². The van der Waals surface area contributed by atoms with Crippen LogP contribution in [0.25, 0.3) is 0 Å². The van der Waals surface area contributed by atoms with E-state index in [0.717, 1.165) is 11.3 Å². The van der Waals surface area contributed by atoms with E-state index in [1.807, 2.05) is 45.0 Å². The molecule has 0 unspecified atom stereocenters. The van der Waals surface area contributed by atoms with Gasteiger partial charge in [0.15, 0.2) is 0 Å². The number of benzene rings is 2. The summed E-state index contributed by atoms with van der Waals surface area (Å²) in [5, 5.41) is 8.33. The van der Waals surface area contributed by atoms with Gasteiger partial charge in [-0.2, -0.15) is 0 Å². The maximum absolute atomic E-state index is 12.0. The van der Waals surface area contributed by atoms with Crippen molar-refractivity contribution in [3.63, 3.8) is 0 Å². The molecule has 2 aromatic rings. The van der Waals surface area contributed by atoms with Crippen LogP contribution in [0.3, 0.4) is 0 Å². The number of ether oxygens (including phenoxy) is 1. The van der Waals surface area contributed by atoms with Gasteiger partial charge in [-0.25, -0.2) is 4.79 Å². The van der Waals surface area contributed by atoms with Crippen molar-refractivity contribution in [2.45, 2.75) is 39.7 Å². The summed E-state index contributed by atoms with van der Waals surface area (Å²) in [6.07, 6.45) is 1.01. The third kappa shape index (κ3) is 7.81. The lowest BCUT2D eigenvalue weighted by Gasteiger charge is -2.11. The van der Waals surface area contributed by atoms with Crippen LogP contribution in [0, 0.1) is 6.92 Å². The largest absolute Gasteiger partial charge is 0.494 e. The van der Waals surface area contributed by atoms with Gasteiger partial charge in [-0.15, -0.1) is 0 Å². The van der Waals surface area contributed by atoms with Crippen LogP contribution in [0.2, 0.25) is 0 Å². The lowest BCUT2D eigenvalue weighted by atomic mass is 10.2. The van der Waals surface area contributed by atoms with E-state index in [2.05, 4.69) is 16.0 Å². The van der Waals surface area contributed by atoms with Gasteiger partial charge < -0.3 is 20.7 Å². The maximum Gasteiger partial charge on any atom is 0.319 e. The van der Waals surface area contributed by atoms with Crippen LogP contribution in [0.4, 0.5) is 16.2 Å². The average molecular weight is 369 g/mol. The first kappa shape index (κ1) is 20.3. The van der Waals surface area contributed by atoms with Gasteiger partial charge >= 0.3 is 6.03 Å². The number of anilines is 2. The predicted octanol–water partition coefficient (Wildman–Crippen LogP) is 4.32. The standard InChI is InChI=1S/C21H27N3O3/c1-15(2)22-21(26)24-18-11-9-17(10-12-18)23-20(25)8-5-13-27-19-7-4-6-16(3)14-19/h4,6-7,9-12,14-15H,5,8,13H2,1-3H3,(H,23,25)(H2,22,24,26). The van der Waals surface area contributed by atoms with E-state index in [1.54, 1.807) is 24.3 Å². The molecule has 0 bridgehead atoms. The van der Waals surface area contributed by atoms with E-state index in [1.165, 1.54) is 0 Å². The summed E-state index contributed by atoms with van der Waals surface area (Å²) in [5.74, 6) is 0.751. The van der Waals surface area contributed by atoms with Crippen molar-refractivity contribution in [3.8, 4) is 5.75 Å². The van der Waals surface area contributed by atoms with Crippen LogP contribution in [-0.4, -0.2) is 24.6 Å². The second-order valence-corrected chi connectivity index (χ2v) is 6.65. The first-order valence-electron chi connectivity index (χ1n) is 9.09. The molecule has 0 heterocycles. The molecule has 27 heavy (non-hydrogen) atoms. The van der Waals surface area contributed by atoms with E-state index >= 15 is 0 Å². The van der Waals surface area contributed by atoms with Crippen molar-refractivity contribution in [2.24, 2.45) is 0 Å². The van der Waals surface area contributed by atoms with E-state index in [0.29, 0.717) is 30.8 Å². The molecule has 6 nitrogen and oxygen atoms in total. The zero-order valence-corrected chi connectivity index (χ0v) is 16.0. The molecule has 144 valence electrons. The zero-order valence-electron chi connectivity index (χ0n) is 16.0. The Balaban J connectivity index is 1.70. The number of aryl methyl sites for hydroxylation is 1. The summed E-state index contributed by atoms with van der Waals surface area (Å²) in [4.78, 5) is 23.7. The molecule has 0 aliphatic heterocycles. The van der Waals surface area contributed by atoms with Crippen molar-refractivity contribution < 1.29 is 14.3 Å². The first-order valence-corrected chi connectivity index (χ1v) is 9.09. The van der Waals surface area contributed by atoms with Gasteiger partial charge in [-0.1, -0.05) is 12.1 Å². The van der Waals surface area contributed by atoms with Crippen LogP contribution in [0.15, 0.2) is 48.5 Å². The van der Waals surface area contributed by atoms with Gasteiger partial charge in [0, 0.05) is 23.8 Å². The fraction of sp³-hybridized carbons (Fsp3) is 0.333. The Morgan fingerprint density at radius 3 is 2.30 bits per heavy atom. The number of hydrogen-bond acceptors (Lipinski definition) is 3. The third-order valence-corrected chi connectivity index (χ3v) is 3.65. The Hall–Kier alpha value is -3.02. The predicted molar refractivity (Wildman–Crippen MR) is 108 cm³/mol. The summed E-state index contributed by atoms with van der Waals surface area (Å²) in [6, 6.07) is 14.7. The molecule has 3 N–H and O–H groups in total. The van der Waals surface area contributed by atoms with E-state index in [-0.39, 0.29) is 18.0 Å². The second kappa shape index (κ2) is 10.2. The minimum Gasteiger partial charge on any atom is -0.494 e. The fourth-order valence-corrected chi connectivity index (χ4v) is 2.42. The molecule has 0 aromatic heterocycles. The van der Waals surface area contributed by atoms with E-state index in [4.69, 9.17) is 4.74 Å². The number of amides is 3. The quantitative estimate of drug-likeness (QED) is 0.606. The zero-order chi connectivity index (χ0) is 19.6. The summed E-state index contributed by atoms with van der Waals surface area (Å²) >= 11 is 0. The monoisotopic (exact) mass is 369 g/mol. The minimum atomic E-state index is -0.254. The molecule has 3 amide bonds. The Bertz CT molecular complexity index is 758. The number of carbonyl (C=O) groups excluding carboxylic acids is 2. The van der Waals surface area contributed by atoms with Gasteiger partial charge in [0.2, 0.25) is 5.91 Å². The lowest BCUT2D eigenvalue weighted by Crippen LogP contribution is -2.34. The molecule has 0 atom stereocenters. The Morgan fingerprint density at radius 2 is 1.67 bits per heavy atom. The third-order valence-electron chi connectivity index (χ3n) is 3.65. The Morgan fingerprint density at radius 1 is 1.00 bits per heavy atom. The highest BCUT2D eigenvalue weighted by atomic mass is 16.5. The summed E-state index contributed by atoms with van der Waals surface area (Å²) < 4.78 is 5.64. The van der Waals surface area contributed by atoms with Gasteiger partial charge in [0.25, 0.3) is 0 Å². The van der Waals surface area contributed by atoms with Crippen LogP contribution in [0.5, 0.6) is 5.75 Å². The molecule has 0 saturated heterocycles. The maximum atomic E-state index is 12.0. The highest BCUT2D eigenvalue weighted by Gasteiger charge is 2.05. The van der Waals surface area contributed by atoms with Crippen LogP contribution in [-0.2, 0) is 4.79 Å². The Labute approximate surface area is 160 Å². The molecule has 0 aliphatic carbocycles. The Kier molecular flexibility index (Phi) is 7.67. The van der Waals surface area contributed by atoms with E-state index < -0.39 is 0 Å². The molecule has 2 aromatic carbocycles. The van der Waals surface area contributed by atoms with Crippen molar-refractivity contribution >= 4 is 23.3 Å².